The Morgan fingerprint density at radius 3 is 2.64 bits per heavy atom. The van der Waals surface area contributed by atoms with Crippen molar-refractivity contribution in [3.63, 3.8) is 0 Å². The number of nitrogens with one attached hydrogen (secondary N) is 1. The predicted molar refractivity (Wildman–Crippen MR) is 116 cm³/mol. The van der Waals surface area contributed by atoms with Gasteiger partial charge in [-0.1, -0.05) is 18.8 Å². The average molecular weight is 394 g/mol. The zero-order chi connectivity index (χ0) is 18.1. The molecule has 2 atom stereocenters. The summed E-state index contributed by atoms with van der Waals surface area (Å²) in [4.78, 5) is 7.38. The molecule has 1 N–H and O–H groups in total. The summed E-state index contributed by atoms with van der Waals surface area (Å²) in [5.74, 6) is 2.37. The fourth-order valence-corrected chi connectivity index (χ4v) is 6.08. The summed E-state index contributed by atoms with van der Waals surface area (Å²) < 4.78 is 4.12. The van der Waals surface area contributed by atoms with Gasteiger partial charge in [0.15, 0.2) is 4.96 Å². The molecule has 0 radical (unpaired) electrons. The fraction of sp³-hybridized carbons (Fsp3) is 0.455. The van der Waals surface area contributed by atoms with Crippen molar-refractivity contribution in [3.8, 4) is 10.4 Å². The molecule has 2 fully saturated rings. The van der Waals surface area contributed by atoms with Crippen LogP contribution in [0.2, 0.25) is 0 Å². The van der Waals surface area contributed by atoms with Crippen LogP contribution in [0.5, 0.6) is 0 Å². The van der Waals surface area contributed by atoms with Gasteiger partial charge in [0.1, 0.15) is 0 Å². The van der Waals surface area contributed by atoms with Gasteiger partial charge >= 0.3 is 0 Å². The molecular formula is C22H27N5S. The largest absolute Gasteiger partial charge is 0.316 e. The summed E-state index contributed by atoms with van der Waals surface area (Å²) in [7, 11) is 1.98. The van der Waals surface area contributed by atoms with Gasteiger partial charge in [0.25, 0.3) is 0 Å². The van der Waals surface area contributed by atoms with Gasteiger partial charge in [0.2, 0.25) is 0 Å². The molecule has 1 aliphatic carbocycles. The number of imidazole rings is 1. The third kappa shape index (κ3) is 2.70. The third-order valence-corrected chi connectivity index (χ3v) is 7.49. The highest BCUT2D eigenvalue weighted by molar-refractivity contribution is 7.20. The maximum Gasteiger partial charge on any atom is 0.194 e. The number of nitrogens with zero attached hydrogens (tertiary/aromatic N) is 4. The van der Waals surface area contributed by atoms with Gasteiger partial charge in [-0.25, -0.2) is 4.98 Å². The number of rotatable bonds is 2. The van der Waals surface area contributed by atoms with Crippen molar-refractivity contribution in [2.75, 3.05) is 13.1 Å². The molecule has 4 heterocycles. The van der Waals surface area contributed by atoms with Crippen LogP contribution in [0.25, 0.3) is 26.3 Å². The standard InChI is InChI=1S/C21H23N5S.CH4/c1-12-3-14(6-17-9-25(2)24-20(12)17)19-11-26-10-18(23-21(26)27-19)13-4-15-7-22-8-16(15)5-13;/h3,6,9-11,13,15-16,22H,4-5,7-8H2,1-2H3;1H4. The van der Waals surface area contributed by atoms with Crippen molar-refractivity contribution in [3.05, 3.63) is 42.0 Å². The van der Waals surface area contributed by atoms with E-state index in [9.17, 15) is 0 Å². The van der Waals surface area contributed by atoms with E-state index in [1.54, 1.807) is 11.3 Å². The van der Waals surface area contributed by atoms with E-state index in [1.165, 1.54) is 53.0 Å². The number of aryl methyl sites for hydroxylation is 2. The molecule has 1 saturated heterocycles. The Bertz CT molecular complexity index is 1120. The topological polar surface area (TPSA) is 47.1 Å². The maximum atomic E-state index is 5.00. The molecule has 4 aromatic rings. The van der Waals surface area contributed by atoms with Crippen LogP contribution in [-0.2, 0) is 7.05 Å². The van der Waals surface area contributed by atoms with Gasteiger partial charge in [0, 0.05) is 36.9 Å². The van der Waals surface area contributed by atoms with Crippen molar-refractivity contribution < 1.29 is 0 Å². The lowest BCUT2D eigenvalue weighted by molar-refractivity contribution is 0.494. The fourth-order valence-electron chi connectivity index (χ4n) is 5.12. The van der Waals surface area contributed by atoms with Gasteiger partial charge in [-0.3, -0.25) is 9.08 Å². The molecule has 1 saturated carbocycles. The van der Waals surface area contributed by atoms with Gasteiger partial charge in [0.05, 0.1) is 16.1 Å². The van der Waals surface area contributed by atoms with Crippen LogP contribution in [0.3, 0.4) is 0 Å². The first-order chi connectivity index (χ1) is 13.1. The molecule has 2 aliphatic rings. The van der Waals surface area contributed by atoms with Crippen molar-refractivity contribution in [1.82, 2.24) is 24.5 Å². The quantitative estimate of drug-likeness (QED) is 0.541. The van der Waals surface area contributed by atoms with Crippen LogP contribution in [0, 0.1) is 18.8 Å². The summed E-state index contributed by atoms with van der Waals surface area (Å²) in [5, 5.41) is 9.29. The highest BCUT2D eigenvalue weighted by atomic mass is 32.1. The van der Waals surface area contributed by atoms with E-state index < -0.39 is 0 Å². The maximum absolute atomic E-state index is 5.00. The van der Waals surface area contributed by atoms with Crippen LogP contribution in [0.4, 0.5) is 0 Å². The molecular weight excluding hydrogens is 366 g/mol. The molecule has 0 spiro atoms. The summed E-state index contributed by atoms with van der Waals surface area (Å²) >= 11 is 1.79. The van der Waals surface area contributed by atoms with E-state index in [4.69, 9.17) is 4.98 Å². The third-order valence-electron chi connectivity index (χ3n) is 6.45. The Kier molecular flexibility index (Phi) is 4.10. The molecule has 3 aromatic heterocycles. The van der Waals surface area contributed by atoms with Gasteiger partial charge in [-0.05, 0) is 68.0 Å². The second-order valence-corrected chi connectivity index (χ2v) is 9.34. The van der Waals surface area contributed by atoms with Gasteiger partial charge in [-0.2, -0.15) is 5.10 Å². The lowest BCUT2D eigenvalue weighted by Gasteiger charge is -2.07. The van der Waals surface area contributed by atoms with E-state index in [-0.39, 0.29) is 7.43 Å². The summed E-state index contributed by atoms with van der Waals surface area (Å²) in [6.45, 7) is 4.54. The zero-order valence-electron chi connectivity index (χ0n) is 15.6. The van der Waals surface area contributed by atoms with E-state index in [2.05, 4.69) is 52.5 Å². The minimum Gasteiger partial charge on any atom is -0.316 e. The number of aromatic nitrogens is 4. The molecule has 1 aromatic carbocycles. The molecule has 2 unspecified atom stereocenters. The van der Waals surface area contributed by atoms with E-state index in [1.807, 2.05) is 11.7 Å². The van der Waals surface area contributed by atoms with E-state index >= 15 is 0 Å². The molecule has 146 valence electrons. The van der Waals surface area contributed by atoms with Crippen LogP contribution < -0.4 is 5.32 Å². The second kappa shape index (κ2) is 6.42. The van der Waals surface area contributed by atoms with Crippen LogP contribution >= 0.6 is 11.3 Å². The minimum absolute atomic E-state index is 0. The first-order valence-corrected chi connectivity index (χ1v) is 10.6. The van der Waals surface area contributed by atoms with E-state index in [0.29, 0.717) is 5.92 Å². The Labute approximate surface area is 169 Å². The number of fused-ring (bicyclic) bond motifs is 3. The monoisotopic (exact) mass is 393 g/mol. The molecule has 28 heavy (non-hydrogen) atoms. The van der Waals surface area contributed by atoms with Crippen molar-refractivity contribution >= 4 is 27.2 Å². The van der Waals surface area contributed by atoms with E-state index in [0.717, 1.165) is 22.3 Å². The smallest absolute Gasteiger partial charge is 0.194 e. The van der Waals surface area contributed by atoms with Crippen molar-refractivity contribution in [2.24, 2.45) is 18.9 Å². The Morgan fingerprint density at radius 1 is 1.11 bits per heavy atom. The van der Waals surface area contributed by atoms with Gasteiger partial charge in [-0.15, -0.1) is 0 Å². The molecule has 1 aliphatic heterocycles. The molecule has 5 nitrogen and oxygen atoms in total. The Balaban J connectivity index is 0.00000171. The van der Waals surface area contributed by atoms with Crippen LogP contribution in [0.15, 0.2) is 30.7 Å². The van der Waals surface area contributed by atoms with Crippen molar-refractivity contribution in [2.45, 2.75) is 33.1 Å². The molecule has 6 heteroatoms. The lowest BCUT2D eigenvalue weighted by Crippen LogP contribution is -2.11. The number of hydrogen-bond acceptors (Lipinski definition) is 4. The summed E-state index contributed by atoms with van der Waals surface area (Å²) in [6.07, 6.45) is 9.20. The summed E-state index contributed by atoms with van der Waals surface area (Å²) in [6, 6.07) is 4.49. The highest BCUT2D eigenvalue weighted by Crippen LogP contribution is 2.44. The Hall–Kier alpha value is -2.18. The summed E-state index contributed by atoms with van der Waals surface area (Å²) in [5.41, 5.74) is 4.86. The van der Waals surface area contributed by atoms with Crippen LogP contribution in [0.1, 0.15) is 37.4 Å². The average Bonchev–Trinajstić information content (AvgIpc) is 3.38. The normalized spacial score (nSPS) is 24.1. The minimum atomic E-state index is 0. The predicted octanol–water partition coefficient (Wildman–Crippen LogP) is 4.61. The molecule has 0 bridgehead atoms. The Morgan fingerprint density at radius 2 is 1.89 bits per heavy atom. The first kappa shape index (κ1) is 17.9. The second-order valence-electron chi connectivity index (χ2n) is 8.33. The highest BCUT2D eigenvalue weighted by Gasteiger charge is 2.38. The lowest BCUT2D eigenvalue weighted by atomic mass is 10.0. The number of thiazole rings is 1. The number of hydrogen-bond donors (Lipinski definition) is 1. The molecule has 6 rings (SSSR count). The zero-order valence-corrected chi connectivity index (χ0v) is 16.5. The number of benzene rings is 1. The van der Waals surface area contributed by atoms with Gasteiger partial charge < -0.3 is 5.32 Å². The SMILES string of the molecule is C.Cc1cc(-c2cn3cc(C4CC5CNCC5C4)nc3s2)cc2cn(C)nc12. The van der Waals surface area contributed by atoms with Crippen LogP contribution in [-0.4, -0.2) is 32.3 Å². The molecule has 0 amide bonds. The van der Waals surface area contributed by atoms with Crippen molar-refractivity contribution in [1.29, 1.82) is 0 Å². The first-order valence-electron chi connectivity index (χ1n) is 9.77.